The third-order valence-corrected chi connectivity index (χ3v) is 6.77. The van der Waals surface area contributed by atoms with Crippen LogP contribution >= 0.6 is 11.9 Å². The van der Waals surface area contributed by atoms with Gasteiger partial charge < -0.3 is 19.4 Å². The number of ether oxygens (including phenoxy) is 1. The van der Waals surface area contributed by atoms with E-state index < -0.39 is 0 Å². The fourth-order valence-corrected chi connectivity index (χ4v) is 4.70. The van der Waals surface area contributed by atoms with Gasteiger partial charge in [-0.15, -0.1) is 0 Å². The largest absolute Gasteiger partial charge is 0.454 e. The molecule has 2 aromatic rings. The van der Waals surface area contributed by atoms with Crippen molar-refractivity contribution in [3.05, 3.63) is 47.5 Å². The van der Waals surface area contributed by atoms with Gasteiger partial charge in [0.2, 0.25) is 0 Å². The van der Waals surface area contributed by atoms with Crippen LogP contribution in [0.3, 0.4) is 0 Å². The summed E-state index contributed by atoms with van der Waals surface area (Å²) in [6.07, 6.45) is 4.72. The van der Waals surface area contributed by atoms with E-state index in [1.807, 2.05) is 13.8 Å². The molecule has 0 bridgehead atoms. The molecule has 0 atom stereocenters. The fourth-order valence-electron chi connectivity index (χ4n) is 3.87. The molecule has 2 aromatic carbocycles. The summed E-state index contributed by atoms with van der Waals surface area (Å²) in [5, 5.41) is 0. The molecule has 6 heteroatoms. The van der Waals surface area contributed by atoms with Crippen molar-refractivity contribution in [1.29, 1.82) is 0 Å². The summed E-state index contributed by atoms with van der Waals surface area (Å²) >= 11 is 1.74. The van der Waals surface area contributed by atoms with Crippen molar-refractivity contribution in [2.75, 3.05) is 66.3 Å². The zero-order valence-electron chi connectivity index (χ0n) is 25.4. The van der Waals surface area contributed by atoms with Gasteiger partial charge in [-0.3, -0.25) is 4.31 Å². The molecule has 0 aromatic heterocycles. The topological polar surface area (TPSA) is 22.2 Å². The van der Waals surface area contributed by atoms with Gasteiger partial charge in [-0.1, -0.05) is 58.2 Å². The lowest BCUT2D eigenvalue weighted by molar-refractivity contribution is 0.276. The molecule has 0 fully saturated rings. The maximum absolute atomic E-state index is 6.67. The highest BCUT2D eigenvalue weighted by Crippen LogP contribution is 2.43. The number of nitrogens with zero attached hydrogens (tertiary/aromatic N) is 4. The van der Waals surface area contributed by atoms with Gasteiger partial charge in [0.25, 0.3) is 0 Å². The van der Waals surface area contributed by atoms with Gasteiger partial charge in [-0.2, -0.15) is 0 Å². The first kappa shape index (κ1) is 33.3. The predicted molar refractivity (Wildman–Crippen MR) is 166 cm³/mol. The smallest absolute Gasteiger partial charge is 0.165 e. The van der Waals surface area contributed by atoms with Gasteiger partial charge in [0.15, 0.2) is 5.75 Å². The second kappa shape index (κ2) is 18.5. The van der Waals surface area contributed by atoms with Crippen LogP contribution in [0.5, 0.6) is 11.5 Å². The van der Waals surface area contributed by atoms with Gasteiger partial charge in [-0.05, 0) is 96.8 Å². The molecule has 0 N–H and O–H groups in total. The number of benzene rings is 2. The number of aryl methyl sites for hydroxylation is 1. The standard InChI is InChI=1S/C29H48N4OS.C2H6/c1-9-11-17-33(18-12-10-2)27-21-25(23-32(8)20-19-30(4)5)22-28(35-31(6)7)29(27)34-26-15-13-24(3)14-16-26;1-2/h13-16,21-22H,9-12,17-20,23H2,1-8H3;1-2H3. The van der Waals surface area contributed by atoms with E-state index >= 15 is 0 Å². The molecule has 0 saturated carbocycles. The lowest BCUT2D eigenvalue weighted by Gasteiger charge is -2.30. The highest BCUT2D eigenvalue weighted by Gasteiger charge is 2.20. The van der Waals surface area contributed by atoms with E-state index in [2.05, 4.69) is 111 Å². The molecule has 37 heavy (non-hydrogen) atoms. The minimum absolute atomic E-state index is 0.888. The lowest BCUT2D eigenvalue weighted by Crippen LogP contribution is -2.29. The van der Waals surface area contributed by atoms with Crippen molar-refractivity contribution in [3.63, 3.8) is 0 Å². The fraction of sp³-hybridized carbons (Fsp3) is 0.613. The van der Waals surface area contributed by atoms with Gasteiger partial charge >= 0.3 is 0 Å². The first-order valence-electron chi connectivity index (χ1n) is 14.1. The number of unbranched alkanes of at least 4 members (excludes halogenated alkanes) is 2. The van der Waals surface area contributed by atoms with Crippen LogP contribution in [0.2, 0.25) is 0 Å². The second-order valence-corrected chi connectivity index (χ2v) is 11.3. The summed E-state index contributed by atoms with van der Waals surface area (Å²) in [5.74, 6) is 1.86. The number of likely N-dealkylation sites (N-methyl/N-ethyl adjacent to an activating group) is 2. The molecule has 0 amide bonds. The monoisotopic (exact) mass is 530 g/mol. The highest BCUT2D eigenvalue weighted by atomic mass is 32.2. The normalized spacial score (nSPS) is 11.2. The number of hydrogen-bond donors (Lipinski definition) is 0. The summed E-state index contributed by atoms with van der Waals surface area (Å²) in [6.45, 7) is 15.8. The summed E-state index contributed by atoms with van der Waals surface area (Å²) in [7, 11) is 10.7. The lowest BCUT2D eigenvalue weighted by atomic mass is 10.1. The molecule has 0 aliphatic heterocycles. The summed E-state index contributed by atoms with van der Waals surface area (Å²) < 4.78 is 8.82. The minimum atomic E-state index is 0.888. The van der Waals surface area contributed by atoms with Crippen LogP contribution in [-0.2, 0) is 6.54 Å². The Bertz CT molecular complexity index is 862. The first-order chi connectivity index (χ1) is 17.7. The molecule has 0 radical (unpaired) electrons. The SMILES string of the molecule is CC.CCCCN(CCCC)c1cc(CN(C)CCN(C)C)cc(SN(C)C)c1Oc1ccc(C)cc1. The van der Waals surface area contributed by atoms with E-state index in [1.165, 1.54) is 47.4 Å². The number of anilines is 1. The van der Waals surface area contributed by atoms with Crippen LogP contribution in [0.1, 0.15) is 64.5 Å². The number of hydrogen-bond acceptors (Lipinski definition) is 6. The highest BCUT2D eigenvalue weighted by molar-refractivity contribution is 7.97. The molecule has 2 rings (SSSR count). The van der Waals surface area contributed by atoms with Crippen LogP contribution in [0.4, 0.5) is 5.69 Å². The Morgan fingerprint density at radius 1 is 0.784 bits per heavy atom. The second-order valence-electron chi connectivity index (χ2n) is 10.00. The predicted octanol–water partition coefficient (Wildman–Crippen LogP) is 7.78. The first-order valence-corrected chi connectivity index (χ1v) is 14.9. The average molecular weight is 531 g/mol. The molecule has 0 spiro atoms. The van der Waals surface area contributed by atoms with Crippen LogP contribution < -0.4 is 9.64 Å². The summed E-state index contributed by atoms with van der Waals surface area (Å²) in [5.41, 5.74) is 3.79. The van der Waals surface area contributed by atoms with E-state index in [9.17, 15) is 0 Å². The van der Waals surface area contributed by atoms with Gasteiger partial charge in [0.1, 0.15) is 5.75 Å². The quantitative estimate of drug-likeness (QED) is 0.205. The third-order valence-electron chi connectivity index (χ3n) is 5.90. The molecule has 0 heterocycles. The number of rotatable bonds is 16. The van der Waals surface area contributed by atoms with Crippen LogP contribution in [0, 0.1) is 6.92 Å². The van der Waals surface area contributed by atoms with E-state index in [4.69, 9.17) is 4.74 Å². The molecule has 0 unspecified atom stereocenters. The Morgan fingerprint density at radius 3 is 1.89 bits per heavy atom. The molecule has 0 aliphatic rings. The Balaban J connectivity index is 0.00000334. The molecular formula is C31H54N4OS. The maximum Gasteiger partial charge on any atom is 0.165 e. The van der Waals surface area contributed by atoms with Crippen molar-refractivity contribution >= 4 is 17.6 Å². The maximum atomic E-state index is 6.67. The van der Waals surface area contributed by atoms with E-state index in [0.29, 0.717) is 0 Å². The van der Waals surface area contributed by atoms with Crippen molar-refractivity contribution < 1.29 is 4.74 Å². The minimum Gasteiger partial charge on any atom is -0.454 e. The molecule has 5 nitrogen and oxygen atoms in total. The van der Waals surface area contributed by atoms with Gasteiger partial charge in [0.05, 0.1) is 10.6 Å². The van der Waals surface area contributed by atoms with Crippen LogP contribution in [-0.4, -0.2) is 75.5 Å². The van der Waals surface area contributed by atoms with Crippen molar-refractivity contribution in [2.45, 2.75) is 71.7 Å². The average Bonchev–Trinajstić information content (AvgIpc) is 2.86. The Labute approximate surface area is 233 Å². The van der Waals surface area contributed by atoms with Crippen LogP contribution in [0.25, 0.3) is 0 Å². The summed E-state index contributed by atoms with van der Waals surface area (Å²) in [6, 6.07) is 13.1. The third kappa shape index (κ3) is 12.6. The van der Waals surface area contributed by atoms with E-state index in [-0.39, 0.29) is 0 Å². The Morgan fingerprint density at radius 2 is 1.38 bits per heavy atom. The molecule has 0 aliphatic carbocycles. The van der Waals surface area contributed by atoms with E-state index in [0.717, 1.165) is 44.2 Å². The summed E-state index contributed by atoms with van der Waals surface area (Å²) in [4.78, 5) is 8.37. The van der Waals surface area contributed by atoms with Crippen molar-refractivity contribution in [3.8, 4) is 11.5 Å². The van der Waals surface area contributed by atoms with Gasteiger partial charge in [-0.25, -0.2) is 0 Å². The van der Waals surface area contributed by atoms with Gasteiger partial charge in [0, 0.05) is 32.7 Å². The molecule has 210 valence electrons. The van der Waals surface area contributed by atoms with Crippen molar-refractivity contribution in [2.24, 2.45) is 0 Å². The molecule has 0 saturated heterocycles. The van der Waals surface area contributed by atoms with Crippen LogP contribution in [0.15, 0.2) is 41.3 Å². The zero-order valence-corrected chi connectivity index (χ0v) is 26.2. The zero-order chi connectivity index (χ0) is 27.8. The van der Waals surface area contributed by atoms with Crippen molar-refractivity contribution in [1.82, 2.24) is 14.1 Å². The van der Waals surface area contributed by atoms with E-state index in [1.54, 1.807) is 11.9 Å². The molecular weight excluding hydrogens is 476 g/mol. The Hall–Kier alpha value is -1.73. The Kier molecular flexibility index (Phi) is 16.7.